The largest absolute Gasteiger partial charge is 0.366 e. The lowest BCUT2D eigenvalue weighted by Gasteiger charge is -2.27. The minimum Gasteiger partial charge on any atom is -0.366 e. The first-order valence-electron chi connectivity index (χ1n) is 9.12. The number of carbonyl (C=O) groups is 1. The summed E-state index contributed by atoms with van der Waals surface area (Å²) in [7, 11) is 0. The topological polar surface area (TPSA) is 66.3 Å². The number of rotatable bonds is 4. The maximum Gasteiger partial charge on any atom is 0.317 e. The predicted octanol–water partition coefficient (Wildman–Crippen LogP) is 1.81. The van der Waals surface area contributed by atoms with E-state index in [1.54, 1.807) is 10.8 Å². The van der Waals surface area contributed by atoms with Gasteiger partial charge in [0.1, 0.15) is 5.69 Å². The van der Waals surface area contributed by atoms with E-state index in [9.17, 15) is 4.79 Å². The van der Waals surface area contributed by atoms with E-state index in [-0.39, 0.29) is 6.03 Å². The molecule has 1 unspecified atom stereocenters. The van der Waals surface area contributed by atoms with E-state index in [2.05, 4.69) is 51.4 Å². The summed E-state index contributed by atoms with van der Waals surface area (Å²) in [6.07, 6.45) is 5.59. The van der Waals surface area contributed by atoms with Crippen molar-refractivity contribution >= 4 is 11.7 Å². The van der Waals surface area contributed by atoms with Crippen molar-refractivity contribution in [3.8, 4) is 0 Å². The van der Waals surface area contributed by atoms with Gasteiger partial charge in [0, 0.05) is 25.3 Å². The predicted molar refractivity (Wildman–Crippen MR) is 99.9 cm³/mol. The molecule has 0 radical (unpaired) electrons. The molecule has 0 aliphatic carbocycles. The van der Waals surface area contributed by atoms with Gasteiger partial charge in [0.25, 0.3) is 0 Å². The molecule has 7 nitrogen and oxygen atoms in total. The van der Waals surface area contributed by atoms with Crippen molar-refractivity contribution in [2.45, 2.75) is 32.0 Å². The minimum absolute atomic E-state index is 0.0268. The van der Waals surface area contributed by atoms with Gasteiger partial charge in [0.15, 0.2) is 0 Å². The van der Waals surface area contributed by atoms with Crippen LogP contribution in [0.3, 0.4) is 0 Å². The molecule has 4 rings (SSSR count). The number of benzene rings is 1. The number of carbonyl (C=O) groups excluding carboxylic acids is 1. The van der Waals surface area contributed by atoms with Crippen LogP contribution in [-0.2, 0) is 19.5 Å². The number of nitrogens with one attached hydrogen (secondary N) is 1. The van der Waals surface area contributed by atoms with E-state index in [1.807, 2.05) is 11.1 Å². The van der Waals surface area contributed by atoms with Crippen LogP contribution in [0.4, 0.5) is 10.5 Å². The lowest BCUT2D eigenvalue weighted by atomic mass is 10.1. The van der Waals surface area contributed by atoms with E-state index in [4.69, 9.17) is 0 Å². The van der Waals surface area contributed by atoms with Crippen LogP contribution in [-0.4, -0.2) is 51.6 Å². The van der Waals surface area contributed by atoms with Crippen LogP contribution in [0.1, 0.15) is 17.7 Å². The van der Waals surface area contributed by atoms with Crippen molar-refractivity contribution in [1.82, 2.24) is 25.2 Å². The maximum absolute atomic E-state index is 12.6. The molecule has 0 spiro atoms. The monoisotopic (exact) mass is 352 g/mol. The zero-order valence-electron chi connectivity index (χ0n) is 14.8. The molecule has 2 aliphatic heterocycles. The summed E-state index contributed by atoms with van der Waals surface area (Å²) < 4.78 is 1.70. The van der Waals surface area contributed by atoms with Gasteiger partial charge >= 0.3 is 6.03 Å². The third-order valence-corrected chi connectivity index (χ3v) is 5.07. The van der Waals surface area contributed by atoms with Crippen LogP contribution in [0, 0.1) is 0 Å². The lowest BCUT2D eigenvalue weighted by molar-refractivity contribution is 0.197. The number of aromatic nitrogens is 3. The van der Waals surface area contributed by atoms with Gasteiger partial charge in [-0.15, -0.1) is 11.7 Å². The van der Waals surface area contributed by atoms with Gasteiger partial charge < -0.3 is 15.1 Å². The van der Waals surface area contributed by atoms with E-state index in [0.717, 1.165) is 38.2 Å². The Bertz CT molecular complexity index is 801. The third kappa shape index (κ3) is 3.29. The van der Waals surface area contributed by atoms with Crippen molar-refractivity contribution in [3.63, 3.8) is 0 Å². The molecule has 2 amide bonds. The van der Waals surface area contributed by atoms with Crippen molar-refractivity contribution in [1.29, 1.82) is 0 Å². The van der Waals surface area contributed by atoms with Crippen LogP contribution in [0.5, 0.6) is 0 Å². The van der Waals surface area contributed by atoms with Crippen LogP contribution in [0.2, 0.25) is 0 Å². The Kier molecular flexibility index (Phi) is 4.60. The van der Waals surface area contributed by atoms with E-state index < -0.39 is 0 Å². The highest BCUT2D eigenvalue weighted by atomic mass is 16.2. The van der Waals surface area contributed by atoms with Crippen molar-refractivity contribution in [2.75, 3.05) is 24.5 Å². The summed E-state index contributed by atoms with van der Waals surface area (Å²) in [5.41, 5.74) is 3.47. The van der Waals surface area contributed by atoms with Crippen molar-refractivity contribution in [2.24, 2.45) is 0 Å². The zero-order chi connectivity index (χ0) is 17.9. The molecule has 1 N–H and O–H groups in total. The highest BCUT2D eigenvalue weighted by Crippen LogP contribution is 2.33. The lowest BCUT2D eigenvalue weighted by Crippen LogP contribution is -2.45. The first kappa shape index (κ1) is 16.6. The number of para-hydroxylation sites is 1. The molecular weight excluding hydrogens is 328 g/mol. The van der Waals surface area contributed by atoms with Gasteiger partial charge in [0.05, 0.1) is 25.3 Å². The molecule has 1 saturated heterocycles. The van der Waals surface area contributed by atoms with Crippen molar-refractivity contribution in [3.05, 3.63) is 54.4 Å². The molecule has 136 valence electrons. The fourth-order valence-corrected chi connectivity index (χ4v) is 3.87. The normalized spacial score (nSPS) is 18.8. The number of nitrogens with zero attached hydrogens (tertiary/aromatic N) is 5. The Balaban J connectivity index is 1.36. The quantitative estimate of drug-likeness (QED) is 0.853. The van der Waals surface area contributed by atoms with Gasteiger partial charge in [-0.2, -0.15) is 0 Å². The summed E-state index contributed by atoms with van der Waals surface area (Å²) >= 11 is 0. The van der Waals surface area contributed by atoms with E-state index in [0.29, 0.717) is 19.1 Å². The summed E-state index contributed by atoms with van der Waals surface area (Å²) in [5, 5.41) is 11.1. The number of hydrogen-bond donors (Lipinski definition) is 1. The summed E-state index contributed by atoms with van der Waals surface area (Å²) in [4.78, 5) is 17.0. The van der Waals surface area contributed by atoms with Gasteiger partial charge in [-0.05, 0) is 24.5 Å². The molecule has 0 bridgehead atoms. The second kappa shape index (κ2) is 7.19. The SMILES string of the molecule is C=CCn1cc(CNC(=O)N2CCCN3c4ccccc4CC3C2)nn1. The standard InChI is InChI=1S/C19H24N6O/c1-2-8-24-13-16(21-22-24)12-20-19(26)23-9-5-10-25-17(14-23)11-15-6-3-4-7-18(15)25/h2-4,6-7,13,17H,1,5,8-12,14H2,(H,20,26). The molecule has 2 aromatic rings. The number of anilines is 1. The smallest absolute Gasteiger partial charge is 0.317 e. The van der Waals surface area contributed by atoms with E-state index in [1.165, 1.54) is 11.3 Å². The molecular formula is C19H24N6O. The van der Waals surface area contributed by atoms with Crippen LogP contribution >= 0.6 is 0 Å². The average Bonchev–Trinajstić information content (AvgIpc) is 3.17. The van der Waals surface area contributed by atoms with Crippen LogP contribution < -0.4 is 10.2 Å². The van der Waals surface area contributed by atoms with Gasteiger partial charge in [-0.1, -0.05) is 29.5 Å². The molecule has 2 aliphatic rings. The number of fused-ring (bicyclic) bond motifs is 3. The molecule has 1 atom stereocenters. The van der Waals surface area contributed by atoms with Gasteiger partial charge in [-0.25, -0.2) is 9.48 Å². The molecule has 1 fully saturated rings. The van der Waals surface area contributed by atoms with Gasteiger partial charge in [-0.3, -0.25) is 0 Å². The zero-order valence-corrected chi connectivity index (χ0v) is 14.8. The fourth-order valence-electron chi connectivity index (χ4n) is 3.87. The Morgan fingerprint density at radius 3 is 3.12 bits per heavy atom. The Morgan fingerprint density at radius 2 is 2.23 bits per heavy atom. The molecule has 1 aromatic heterocycles. The molecule has 7 heteroatoms. The third-order valence-electron chi connectivity index (χ3n) is 5.07. The minimum atomic E-state index is -0.0268. The molecule has 1 aromatic carbocycles. The molecule has 0 saturated carbocycles. The number of allylic oxidation sites excluding steroid dienone is 1. The Morgan fingerprint density at radius 1 is 1.35 bits per heavy atom. The average molecular weight is 352 g/mol. The maximum atomic E-state index is 12.6. The Hall–Kier alpha value is -2.83. The first-order chi connectivity index (χ1) is 12.7. The number of urea groups is 1. The molecule has 3 heterocycles. The highest BCUT2D eigenvalue weighted by Gasteiger charge is 2.33. The van der Waals surface area contributed by atoms with Crippen LogP contribution in [0.25, 0.3) is 0 Å². The highest BCUT2D eigenvalue weighted by molar-refractivity contribution is 5.74. The second-order valence-electron chi connectivity index (χ2n) is 6.86. The summed E-state index contributed by atoms with van der Waals surface area (Å²) in [6.45, 7) is 7.22. The second-order valence-corrected chi connectivity index (χ2v) is 6.86. The first-order valence-corrected chi connectivity index (χ1v) is 9.12. The van der Waals surface area contributed by atoms with Crippen LogP contribution in [0.15, 0.2) is 43.1 Å². The van der Waals surface area contributed by atoms with Crippen molar-refractivity contribution < 1.29 is 4.79 Å². The van der Waals surface area contributed by atoms with Gasteiger partial charge in [0.2, 0.25) is 0 Å². The summed E-state index contributed by atoms with van der Waals surface area (Å²) in [6, 6.07) is 8.92. The molecule has 26 heavy (non-hydrogen) atoms. The number of amides is 2. The fraction of sp³-hybridized carbons (Fsp3) is 0.421. The van der Waals surface area contributed by atoms with E-state index >= 15 is 0 Å². The Labute approximate surface area is 153 Å². The summed E-state index contributed by atoms with van der Waals surface area (Å²) in [5.74, 6) is 0. The number of hydrogen-bond acceptors (Lipinski definition) is 4.